The van der Waals surface area contributed by atoms with Gasteiger partial charge in [0.05, 0.1) is 28.9 Å². The second-order valence-electron chi connectivity index (χ2n) is 12.1. The lowest BCUT2D eigenvalue weighted by molar-refractivity contribution is -0.142. The molecule has 2 aliphatic heterocycles. The van der Waals surface area contributed by atoms with Crippen LogP contribution < -0.4 is 10.6 Å². The predicted molar refractivity (Wildman–Crippen MR) is 196 cm³/mol. The van der Waals surface area contributed by atoms with Gasteiger partial charge in [-0.15, -0.1) is 0 Å². The van der Waals surface area contributed by atoms with Gasteiger partial charge < -0.3 is 19.0 Å². The Morgan fingerprint density at radius 3 is 1.53 bits per heavy atom. The minimum absolute atomic E-state index is 0. The molecule has 0 saturated heterocycles. The van der Waals surface area contributed by atoms with E-state index in [0.717, 1.165) is 11.0 Å². The molecule has 8 rings (SSSR count). The van der Waals surface area contributed by atoms with Crippen molar-refractivity contribution >= 4 is 74.6 Å². The SMILES string of the molecule is CC(=O)OCc1cn(C)c2cc(-c3ccccc3Cl)c3c(c12)C(=O)NC3=O.Cn1cc(CO)c2c3c(c(-c4ccccc4Cl)cc21)C(=O)NC3=O.[HH].[HH]. The van der Waals surface area contributed by atoms with Crippen LogP contribution in [0.5, 0.6) is 0 Å². The highest BCUT2D eigenvalue weighted by molar-refractivity contribution is 6.36. The minimum atomic E-state index is -0.468. The number of hydrogen-bond donors (Lipinski definition) is 3. The summed E-state index contributed by atoms with van der Waals surface area (Å²) >= 11 is 12.6. The molecule has 4 heterocycles. The van der Waals surface area contributed by atoms with Gasteiger partial charge in [0, 0.05) is 90.4 Å². The highest BCUT2D eigenvalue weighted by Gasteiger charge is 2.36. The smallest absolute Gasteiger partial charge is 0.302 e. The molecule has 0 atom stereocenters. The Morgan fingerprint density at radius 2 is 1.10 bits per heavy atom. The third-order valence-electron chi connectivity index (χ3n) is 9.01. The Morgan fingerprint density at radius 1 is 0.686 bits per heavy atom. The molecule has 0 unspecified atom stereocenters. The van der Waals surface area contributed by atoms with Crippen molar-refractivity contribution in [1.29, 1.82) is 0 Å². The maximum absolute atomic E-state index is 12.6. The van der Waals surface area contributed by atoms with E-state index in [1.165, 1.54) is 6.92 Å². The average Bonchev–Trinajstić information content (AvgIpc) is 3.79. The summed E-state index contributed by atoms with van der Waals surface area (Å²) in [7, 11) is 3.66. The van der Waals surface area contributed by atoms with Crippen molar-refractivity contribution in [2.75, 3.05) is 0 Å². The van der Waals surface area contributed by atoms with Crippen LogP contribution in [0.4, 0.5) is 0 Å². The second kappa shape index (κ2) is 12.9. The minimum Gasteiger partial charge on any atom is -0.461 e. The fourth-order valence-corrected chi connectivity index (χ4v) is 7.33. The van der Waals surface area contributed by atoms with Gasteiger partial charge in [-0.05, 0) is 35.4 Å². The van der Waals surface area contributed by atoms with Gasteiger partial charge in [-0.2, -0.15) is 0 Å². The number of nitrogens with zero attached hydrogens (tertiary/aromatic N) is 2. The van der Waals surface area contributed by atoms with Gasteiger partial charge in [-0.3, -0.25) is 34.6 Å². The van der Waals surface area contributed by atoms with Crippen molar-refractivity contribution in [2.45, 2.75) is 20.1 Å². The van der Waals surface area contributed by atoms with Gasteiger partial charge in [-0.1, -0.05) is 59.6 Å². The number of aromatic nitrogens is 2. The maximum atomic E-state index is 12.6. The van der Waals surface area contributed by atoms with E-state index in [-0.39, 0.29) is 27.2 Å². The first-order valence-electron chi connectivity index (χ1n) is 15.7. The molecule has 0 spiro atoms. The van der Waals surface area contributed by atoms with Gasteiger partial charge >= 0.3 is 5.97 Å². The number of carbonyl (C=O) groups excluding carboxylic acids is 5. The number of aryl methyl sites for hydroxylation is 2. The Labute approximate surface area is 303 Å². The summed E-state index contributed by atoms with van der Waals surface area (Å²) in [6.07, 6.45) is 3.55. The fraction of sp³-hybridized carbons (Fsp3) is 0.132. The third kappa shape index (κ3) is 5.55. The van der Waals surface area contributed by atoms with Crippen LogP contribution in [-0.4, -0.2) is 43.8 Å². The largest absolute Gasteiger partial charge is 0.461 e. The van der Waals surface area contributed by atoms with Crippen LogP contribution in [0.1, 0.15) is 62.3 Å². The van der Waals surface area contributed by atoms with E-state index in [4.69, 9.17) is 27.9 Å². The Bertz CT molecular complexity index is 2540. The standard InChI is InChI=1S/C20H15ClN2O4.C18H13ClN2O3.2H2/c1-10(24)27-9-11-8-23(2)15-7-13(12-5-3-4-6-14(12)21)17-18(16(11)15)20(26)22-19(17)25;1-21-7-9(8-22)14-13(21)6-11(10-4-2-3-5-12(10)19)15-16(14)18(24)20-17(15)23;;/h3-8H,9H2,1-2H3,(H,22,25,26);2-7,22H,8H2,1H3,(H,20,23,24);2*1H. The lowest BCUT2D eigenvalue weighted by Gasteiger charge is -2.11. The molecule has 6 aromatic rings. The number of amides is 4. The molecule has 3 N–H and O–H groups in total. The summed E-state index contributed by atoms with van der Waals surface area (Å²) in [6, 6.07) is 18.0. The molecule has 260 valence electrons. The van der Waals surface area contributed by atoms with Crippen LogP contribution in [0.15, 0.2) is 73.1 Å². The molecule has 0 radical (unpaired) electrons. The Kier molecular flexibility index (Phi) is 8.50. The van der Waals surface area contributed by atoms with E-state index >= 15 is 0 Å². The van der Waals surface area contributed by atoms with E-state index < -0.39 is 29.6 Å². The highest BCUT2D eigenvalue weighted by atomic mass is 35.5. The molecule has 11 nitrogen and oxygen atoms in total. The first-order chi connectivity index (χ1) is 24.4. The van der Waals surface area contributed by atoms with Gasteiger partial charge in [0.25, 0.3) is 23.6 Å². The quantitative estimate of drug-likeness (QED) is 0.131. The van der Waals surface area contributed by atoms with Gasteiger partial charge in [0.1, 0.15) is 6.61 Å². The van der Waals surface area contributed by atoms with Crippen molar-refractivity contribution < 1.29 is 36.7 Å². The molecule has 0 aliphatic carbocycles. The third-order valence-corrected chi connectivity index (χ3v) is 9.67. The molecular formula is C38H32Cl2N4O7. The number of esters is 1. The van der Waals surface area contributed by atoms with Crippen LogP contribution in [0.25, 0.3) is 44.1 Å². The van der Waals surface area contributed by atoms with Gasteiger partial charge in [0.15, 0.2) is 0 Å². The molecule has 0 bridgehead atoms. The first kappa shape index (κ1) is 33.7. The molecule has 4 aromatic carbocycles. The number of imide groups is 2. The molecule has 2 aromatic heterocycles. The molecule has 2 aliphatic rings. The summed E-state index contributed by atoms with van der Waals surface area (Å²) in [5.41, 5.74) is 6.52. The average molecular weight is 728 g/mol. The predicted octanol–water partition coefficient (Wildman–Crippen LogP) is 6.81. The number of rotatable bonds is 5. The number of fused-ring (bicyclic) bond motifs is 6. The van der Waals surface area contributed by atoms with Crippen LogP contribution >= 0.6 is 23.2 Å². The summed E-state index contributed by atoms with van der Waals surface area (Å²) in [5.74, 6) is -2.25. The molecular weight excluding hydrogens is 695 g/mol. The normalized spacial score (nSPS) is 13.2. The van der Waals surface area contributed by atoms with Gasteiger partial charge in [-0.25, -0.2) is 0 Å². The zero-order valence-electron chi connectivity index (χ0n) is 27.4. The van der Waals surface area contributed by atoms with Crippen LogP contribution in [0.3, 0.4) is 0 Å². The Hall–Kier alpha value is -5.75. The van der Waals surface area contributed by atoms with Crippen molar-refractivity contribution in [1.82, 2.24) is 19.8 Å². The van der Waals surface area contributed by atoms with Gasteiger partial charge in [0.2, 0.25) is 0 Å². The number of aliphatic hydroxyl groups excluding tert-OH is 1. The highest BCUT2D eigenvalue weighted by Crippen LogP contribution is 2.41. The van der Waals surface area contributed by atoms with E-state index in [0.29, 0.717) is 65.3 Å². The lowest BCUT2D eigenvalue weighted by atomic mass is 9.92. The van der Waals surface area contributed by atoms with Crippen molar-refractivity contribution in [3.05, 3.63) is 116 Å². The monoisotopic (exact) mass is 726 g/mol. The van der Waals surface area contributed by atoms with Crippen LogP contribution in [-0.2, 0) is 36.8 Å². The summed E-state index contributed by atoms with van der Waals surface area (Å²) in [6.45, 7) is 1.13. The first-order valence-corrected chi connectivity index (χ1v) is 16.4. The number of carbonyl (C=O) groups is 5. The van der Waals surface area contributed by atoms with Crippen molar-refractivity contribution in [2.24, 2.45) is 14.1 Å². The number of aliphatic hydroxyl groups is 1. The molecule has 13 heteroatoms. The maximum Gasteiger partial charge on any atom is 0.302 e. The van der Waals surface area contributed by atoms with E-state index in [1.807, 2.05) is 65.7 Å². The van der Waals surface area contributed by atoms with E-state index in [9.17, 15) is 29.1 Å². The van der Waals surface area contributed by atoms with E-state index in [2.05, 4.69) is 10.6 Å². The zero-order valence-corrected chi connectivity index (χ0v) is 28.9. The number of halogens is 2. The second-order valence-corrected chi connectivity index (χ2v) is 12.9. The van der Waals surface area contributed by atoms with Crippen molar-refractivity contribution in [3.63, 3.8) is 0 Å². The molecule has 4 amide bonds. The number of ether oxygens (including phenoxy) is 1. The molecule has 0 fully saturated rings. The number of benzene rings is 4. The molecule has 0 saturated carbocycles. The number of hydrogen-bond acceptors (Lipinski definition) is 7. The van der Waals surface area contributed by atoms with Crippen LogP contribution in [0, 0.1) is 0 Å². The molecule has 51 heavy (non-hydrogen) atoms. The Balaban J connectivity index is 0.000000198. The van der Waals surface area contributed by atoms with Crippen LogP contribution in [0.2, 0.25) is 10.0 Å². The topological polar surface area (TPSA) is 149 Å². The lowest BCUT2D eigenvalue weighted by Crippen LogP contribution is -2.20. The summed E-state index contributed by atoms with van der Waals surface area (Å²) in [5, 5.41) is 16.5. The van der Waals surface area contributed by atoms with E-state index in [1.54, 1.807) is 30.6 Å². The number of nitrogens with one attached hydrogen (secondary N) is 2. The summed E-state index contributed by atoms with van der Waals surface area (Å²) in [4.78, 5) is 61.1. The summed E-state index contributed by atoms with van der Waals surface area (Å²) < 4.78 is 8.78. The van der Waals surface area contributed by atoms with Crippen molar-refractivity contribution in [3.8, 4) is 22.3 Å². The fourth-order valence-electron chi connectivity index (χ4n) is 6.85. The zero-order chi connectivity index (χ0) is 36.3.